The number of aromatic nitrogens is 2. The lowest BCUT2D eigenvalue weighted by Crippen LogP contribution is -2.33. The van der Waals surface area contributed by atoms with Gasteiger partial charge in [-0.05, 0) is 48.9 Å². The summed E-state index contributed by atoms with van der Waals surface area (Å²) in [7, 11) is -0.171. The van der Waals surface area contributed by atoms with Crippen LogP contribution < -0.4 is 19.4 Å². The smallest absolute Gasteiger partial charge is 0.262 e. The zero-order valence-electron chi connectivity index (χ0n) is 17.8. The summed E-state index contributed by atoms with van der Waals surface area (Å²) in [5.74, 6) is 1.27. The minimum Gasteiger partial charge on any atom is -0.361 e. The largest absolute Gasteiger partial charge is 0.361 e. The van der Waals surface area contributed by atoms with Gasteiger partial charge in [0.05, 0.1) is 16.8 Å². The first-order chi connectivity index (χ1) is 14.8. The molecule has 0 spiro atoms. The van der Waals surface area contributed by atoms with Crippen molar-refractivity contribution in [1.82, 2.24) is 9.97 Å². The first kappa shape index (κ1) is 20.0. The van der Waals surface area contributed by atoms with Crippen LogP contribution in [0.15, 0.2) is 23.2 Å². The molecule has 2 aromatic rings. The van der Waals surface area contributed by atoms with Gasteiger partial charge in [0.25, 0.3) is 10.0 Å². The highest BCUT2D eigenvalue weighted by Crippen LogP contribution is 2.39. The van der Waals surface area contributed by atoms with E-state index in [9.17, 15) is 13.2 Å². The fourth-order valence-electron chi connectivity index (χ4n) is 4.63. The van der Waals surface area contributed by atoms with Crippen molar-refractivity contribution in [2.24, 2.45) is 0 Å². The van der Waals surface area contributed by atoms with Crippen LogP contribution in [0.1, 0.15) is 30.4 Å². The number of carbonyl (C=O) groups excluding carboxylic acids is 1. The van der Waals surface area contributed by atoms with E-state index in [0.717, 1.165) is 42.7 Å². The molecule has 1 saturated heterocycles. The third kappa shape index (κ3) is 3.48. The van der Waals surface area contributed by atoms with Crippen LogP contribution in [0.2, 0.25) is 0 Å². The van der Waals surface area contributed by atoms with Crippen molar-refractivity contribution >= 4 is 39.1 Å². The van der Waals surface area contributed by atoms with Crippen molar-refractivity contribution < 1.29 is 13.2 Å². The maximum Gasteiger partial charge on any atom is 0.262 e. The maximum atomic E-state index is 13.3. The summed E-state index contributed by atoms with van der Waals surface area (Å²) in [6, 6.07) is 3.38. The van der Waals surface area contributed by atoms with Gasteiger partial charge in [0.15, 0.2) is 5.82 Å². The molecule has 0 bridgehead atoms. The molecule has 1 aromatic carbocycles. The van der Waals surface area contributed by atoms with Crippen LogP contribution in [-0.4, -0.2) is 58.0 Å². The summed E-state index contributed by atoms with van der Waals surface area (Å²) in [6.45, 7) is 2.44. The topological polar surface area (TPSA) is 98.7 Å². The minimum atomic E-state index is -3.84. The van der Waals surface area contributed by atoms with Crippen molar-refractivity contribution in [3.8, 4) is 0 Å². The first-order valence-corrected chi connectivity index (χ1v) is 12.1. The molecule has 0 atom stereocenters. The predicted octanol–water partition coefficient (Wildman–Crippen LogP) is 1.78. The van der Waals surface area contributed by atoms with Gasteiger partial charge in [-0.25, -0.2) is 13.4 Å². The molecule has 9 nitrogen and oxygen atoms in total. The Bertz CT molecular complexity index is 1160. The predicted molar refractivity (Wildman–Crippen MR) is 119 cm³/mol. The number of hydrogen-bond acceptors (Lipinski definition) is 7. The quantitative estimate of drug-likeness (QED) is 0.754. The summed E-state index contributed by atoms with van der Waals surface area (Å²) in [5, 5.41) is 0. The SMILES string of the molecule is CN(C)c1nc(N2CCCC2)ncc1NS(=O)(=O)c1cc2c3c(c1)CCN3C(=O)CC2. The molecule has 4 heterocycles. The first-order valence-electron chi connectivity index (χ1n) is 10.6. The molecule has 0 unspecified atom stereocenters. The molecule has 0 radical (unpaired) electrons. The fourth-order valence-corrected chi connectivity index (χ4v) is 5.78. The van der Waals surface area contributed by atoms with E-state index in [-0.39, 0.29) is 10.8 Å². The number of sulfonamides is 1. The number of amides is 1. The molecule has 10 heteroatoms. The Morgan fingerprint density at radius 3 is 2.45 bits per heavy atom. The highest BCUT2D eigenvalue weighted by Gasteiger charge is 2.33. The lowest BCUT2D eigenvalue weighted by molar-refractivity contribution is -0.118. The van der Waals surface area contributed by atoms with Gasteiger partial charge in [0, 0.05) is 40.2 Å². The number of aryl methyl sites for hydroxylation is 1. The van der Waals surface area contributed by atoms with Gasteiger partial charge in [-0.2, -0.15) is 4.98 Å². The van der Waals surface area contributed by atoms with Crippen LogP contribution >= 0.6 is 0 Å². The van der Waals surface area contributed by atoms with Crippen molar-refractivity contribution in [2.45, 2.75) is 37.0 Å². The van der Waals surface area contributed by atoms with E-state index in [2.05, 4.69) is 19.6 Å². The molecule has 164 valence electrons. The molecule has 0 aliphatic carbocycles. The summed E-state index contributed by atoms with van der Waals surface area (Å²) in [5.41, 5.74) is 3.09. The molecule has 31 heavy (non-hydrogen) atoms. The maximum absolute atomic E-state index is 13.3. The minimum absolute atomic E-state index is 0.117. The van der Waals surface area contributed by atoms with Gasteiger partial charge in [0.1, 0.15) is 5.69 Å². The number of nitrogens with one attached hydrogen (secondary N) is 1. The van der Waals surface area contributed by atoms with E-state index in [4.69, 9.17) is 0 Å². The Balaban J connectivity index is 1.48. The van der Waals surface area contributed by atoms with Crippen LogP contribution in [0, 0.1) is 0 Å². The zero-order valence-corrected chi connectivity index (χ0v) is 18.6. The summed E-state index contributed by atoms with van der Waals surface area (Å²) >= 11 is 0. The Labute approximate surface area is 182 Å². The summed E-state index contributed by atoms with van der Waals surface area (Å²) < 4.78 is 29.2. The van der Waals surface area contributed by atoms with Crippen molar-refractivity contribution in [2.75, 3.05) is 53.2 Å². The van der Waals surface area contributed by atoms with Crippen LogP contribution in [0.4, 0.5) is 23.1 Å². The third-order valence-electron chi connectivity index (χ3n) is 6.15. The van der Waals surface area contributed by atoms with Crippen LogP contribution in [0.25, 0.3) is 0 Å². The highest BCUT2D eigenvalue weighted by atomic mass is 32.2. The molecule has 5 rings (SSSR count). The van der Waals surface area contributed by atoms with Crippen LogP contribution in [0.3, 0.4) is 0 Å². The monoisotopic (exact) mass is 442 g/mol. The van der Waals surface area contributed by atoms with Crippen molar-refractivity contribution in [1.29, 1.82) is 0 Å². The molecule has 3 aliphatic rings. The van der Waals surface area contributed by atoms with Gasteiger partial charge in [-0.1, -0.05) is 0 Å². The fraction of sp³-hybridized carbons (Fsp3) is 0.476. The average Bonchev–Trinajstić information content (AvgIpc) is 3.41. The average molecular weight is 443 g/mol. The number of nitrogens with zero attached hydrogens (tertiary/aromatic N) is 5. The molecule has 1 fully saturated rings. The van der Waals surface area contributed by atoms with E-state index in [1.165, 1.54) is 0 Å². The number of carbonyl (C=O) groups is 1. The van der Waals surface area contributed by atoms with Crippen molar-refractivity contribution in [3.05, 3.63) is 29.5 Å². The van der Waals surface area contributed by atoms with Gasteiger partial charge in [-0.3, -0.25) is 9.52 Å². The molecule has 1 N–H and O–H groups in total. The second-order valence-electron chi connectivity index (χ2n) is 8.49. The Kier molecular flexibility index (Phi) is 4.76. The van der Waals surface area contributed by atoms with E-state index in [1.54, 1.807) is 28.1 Å². The Morgan fingerprint density at radius 1 is 1.03 bits per heavy atom. The van der Waals surface area contributed by atoms with Crippen LogP contribution in [-0.2, 0) is 27.7 Å². The van der Waals surface area contributed by atoms with Gasteiger partial charge in [0.2, 0.25) is 11.9 Å². The van der Waals surface area contributed by atoms with E-state index < -0.39 is 10.0 Å². The van der Waals surface area contributed by atoms with Gasteiger partial charge in [-0.15, -0.1) is 0 Å². The normalized spacial score (nSPS) is 17.8. The van der Waals surface area contributed by atoms with Crippen molar-refractivity contribution in [3.63, 3.8) is 0 Å². The molecule has 0 saturated carbocycles. The summed E-state index contributed by atoms with van der Waals surface area (Å²) in [6.07, 6.45) is 5.42. The van der Waals surface area contributed by atoms with E-state index in [1.807, 2.05) is 14.1 Å². The molecular weight excluding hydrogens is 416 g/mol. The standard InChI is InChI=1S/C21H26N6O3S/c1-25(2)20-17(13-22-21(23-20)26-8-3-4-9-26)24-31(29,30)16-11-14-5-6-18(28)27-10-7-15(12-16)19(14)27/h11-13,24H,3-10H2,1-2H3. The second kappa shape index (κ2) is 7.37. The van der Waals surface area contributed by atoms with Gasteiger partial charge >= 0.3 is 0 Å². The zero-order chi connectivity index (χ0) is 21.8. The van der Waals surface area contributed by atoms with Gasteiger partial charge < -0.3 is 14.7 Å². The summed E-state index contributed by atoms with van der Waals surface area (Å²) in [4.78, 5) is 27.1. The van der Waals surface area contributed by atoms with E-state index >= 15 is 0 Å². The Hall–Kier alpha value is -2.88. The molecule has 1 amide bonds. The number of hydrogen-bond donors (Lipinski definition) is 1. The number of anilines is 4. The molecule has 3 aliphatic heterocycles. The number of benzene rings is 1. The van der Waals surface area contributed by atoms with E-state index in [0.29, 0.717) is 43.3 Å². The highest BCUT2D eigenvalue weighted by molar-refractivity contribution is 7.92. The number of rotatable bonds is 5. The lowest BCUT2D eigenvalue weighted by Gasteiger charge is -2.26. The second-order valence-corrected chi connectivity index (χ2v) is 10.2. The molecular formula is C21H26N6O3S. The molecule has 1 aromatic heterocycles. The Morgan fingerprint density at radius 2 is 1.74 bits per heavy atom. The third-order valence-corrected chi connectivity index (χ3v) is 7.49. The lowest BCUT2D eigenvalue weighted by atomic mass is 10.00. The van der Waals surface area contributed by atoms with Crippen LogP contribution in [0.5, 0.6) is 0 Å².